The Labute approximate surface area is 145 Å². The van der Waals surface area contributed by atoms with Gasteiger partial charge in [-0.1, -0.05) is 29.8 Å². The Morgan fingerprint density at radius 1 is 1.21 bits per heavy atom. The number of hydrogen-bond acceptors (Lipinski definition) is 2. The van der Waals surface area contributed by atoms with Crippen molar-refractivity contribution in [1.29, 1.82) is 5.26 Å². The first-order chi connectivity index (χ1) is 11.5. The van der Waals surface area contributed by atoms with E-state index < -0.39 is 0 Å². The number of benzene rings is 2. The summed E-state index contributed by atoms with van der Waals surface area (Å²) in [7, 11) is 1.85. The number of nitriles is 1. The normalized spacial score (nSPS) is 11.9. The largest absolute Gasteiger partial charge is 0.344 e. The zero-order chi connectivity index (χ0) is 17.3. The van der Waals surface area contributed by atoms with Gasteiger partial charge in [0, 0.05) is 23.0 Å². The molecule has 0 radical (unpaired) electrons. The van der Waals surface area contributed by atoms with Crippen LogP contribution in [0.3, 0.4) is 0 Å². The Morgan fingerprint density at radius 2 is 1.92 bits per heavy atom. The van der Waals surface area contributed by atoms with E-state index in [1.165, 1.54) is 0 Å². The molecule has 24 heavy (non-hydrogen) atoms. The Bertz CT molecular complexity index is 951. The summed E-state index contributed by atoms with van der Waals surface area (Å²) in [5, 5.41) is 13.4. The van der Waals surface area contributed by atoms with E-state index in [0.29, 0.717) is 16.3 Å². The summed E-state index contributed by atoms with van der Waals surface area (Å²) in [6.45, 7) is 1.92. The molecule has 1 aromatic heterocycles. The summed E-state index contributed by atoms with van der Waals surface area (Å²) >= 11 is 6.03. The first kappa shape index (κ1) is 16.1. The highest BCUT2D eigenvalue weighted by atomic mass is 35.5. The number of hydrogen-bond donors (Lipinski definition) is 1. The number of nitrogens with one attached hydrogen (secondary N) is 1. The van der Waals surface area contributed by atoms with Gasteiger partial charge in [0.2, 0.25) is 0 Å². The molecule has 0 bridgehead atoms. The fourth-order valence-corrected chi connectivity index (χ4v) is 2.89. The molecular formula is C19H16ClN3O. The zero-order valence-corrected chi connectivity index (χ0v) is 14.1. The van der Waals surface area contributed by atoms with E-state index in [1.54, 1.807) is 12.1 Å². The number of carbonyl (C=O) groups is 1. The van der Waals surface area contributed by atoms with Crippen LogP contribution in [0.15, 0.2) is 48.5 Å². The zero-order valence-electron chi connectivity index (χ0n) is 13.4. The third-order valence-corrected chi connectivity index (χ3v) is 4.36. The molecule has 0 saturated heterocycles. The molecule has 1 heterocycles. The topological polar surface area (TPSA) is 57.8 Å². The lowest BCUT2D eigenvalue weighted by Crippen LogP contribution is -2.28. The van der Waals surface area contributed by atoms with Crippen LogP contribution < -0.4 is 5.32 Å². The second-order valence-corrected chi connectivity index (χ2v) is 6.16. The van der Waals surface area contributed by atoms with Gasteiger partial charge in [-0.25, -0.2) is 0 Å². The molecule has 4 nitrogen and oxygen atoms in total. The van der Waals surface area contributed by atoms with Crippen LogP contribution in [-0.2, 0) is 7.05 Å². The SMILES string of the molecule is C[C@@H](NC(=O)c1cc2ccc(Cl)cc2n1C)c1ccc(C#N)cc1. The van der Waals surface area contributed by atoms with Crippen molar-refractivity contribution in [3.8, 4) is 6.07 Å². The molecule has 0 aliphatic heterocycles. The van der Waals surface area contributed by atoms with Gasteiger partial charge in [0.1, 0.15) is 5.69 Å². The Balaban J connectivity index is 1.84. The van der Waals surface area contributed by atoms with Crippen LogP contribution in [0.5, 0.6) is 0 Å². The molecule has 3 aromatic rings. The van der Waals surface area contributed by atoms with E-state index in [2.05, 4.69) is 11.4 Å². The van der Waals surface area contributed by atoms with Gasteiger partial charge in [0.25, 0.3) is 5.91 Å². The number of aryl methyl sites for hydroxylation is 1. The van der Waals surface area contributed by atoms with Crippen LogP contribution >= 0.6 is 11.6 Å². The molecule has 3 rings (SSSR count). The molecule has 1 atom stereocenters. The van der Waals surface area contributed by atoms with Crippen LogP contribution in [0.2, 0.25) is 5.02 Å². The average molecular weight is 338 g/mol. The van der Waals surface area contributed by atoms with Crippen LogP contribution in [0.4, 0.5) is 0 Å². The maximum atomic E-state index is 12.6. The Morgan fingerprint density at radius 3 is 2.58 bits per heavy atom. The number of aromatic nitrogens is 1. The summed E-state index contributed by atoms with van der Waals surface area (Å²) < 4.78 is 1.84. The fourth-order valence-electron chi connectivity index (χ4n) is 2.72. The first-order valence-electron chi connectivity index (χ1n) is 7.55. The smallest absolute Gasteiger partial charge is 0.268 e. The minimum atomic E-state index is -0.160. The lowest BCUT2D eigenvalue weighted by Gasteiger charge is -2.15. The Kier molecular flexibility index (Phi) is 4.28. The molecular weight excluding hydrogens is 322 g/mol. The molecule has 1 N–H and O–H groups in total. The molecule has 0 aliphatic rings. The molecule has 120 valence electrons. The molecule has 0 fully saturated rings. The molecule has 0 aliphatic carbocycles. The highest BCUT2D eigenvalue weighted by Gasteiger charge is 2.16. The summed E-state index contributed by atoms with van der Waals surface area (Å²) in [6.07, 6.45) is 0. The molecule has 5 heteroatoms. The highest BCUT2D eigenvalue weighted by molar-refractivity contribution is 6.31. The van der Waals surface area contributed by atoms with Crippen LogP contribution in [0.1, 0.15) is 34.6 Å². The van der Waals surface area contributed by atoms with Gasteiger partial charge in [0.15, 0.2) is 0 Å². The number of amides is 1. The van der Waals surface area contributed by atoms with Crippen molar-refractivity contribution in [3.05, 3.63) is 70.4 Å². The standard InChI is InChI=1S/C19H16ClN3O/c1-12(14-5-3-13(11-21)4-6-14)22-19(24)18-9-15-7-8-16(20)10-17(15)23(18)2/h3-10,12H,1-2H3,(H,22,24)/t12-/m1/s1. The van der Waals surface area contributed by atoms with Crippen LogP contribution in [0, 0.1) is 11.3 Å². The summed E-state index contributed by atoms with van der Waals surface area (Å²) in [6, 6.07) is 16.5. The van der Waals surface area contributed by atoms with E-state index >= 15 is 0 Å². The van der Waals surface area contributed by atoms with Crippen molar-refractivity contribution in [2.45, 2.75) is 13.0 Å². The lowest BCUT2D eigenvalue weighted by molar-refractivity contribution is 0.0932. The minimum absolute atomic E-state index is 0.151. The summed E-state index contributed by atoms with van der Waals surface area (Å²) in [5.74, 6) is -0.151. The average Bonchev–Trinajstić information content (AvgIpc) is 2.91. The summed E-state index contributed by atoms with van der Waals surface area (Å²) in [5.41, 5.74) is 3.04. The van der Waals surface area contributed by atoms with E-state index in [-0.39, 0.29) is 11.9 Å². The molecule has 0 saturated carbocycles. The monoisotopic (exact) mass is 337 g/mol. The van der Waals surface area contributed by atoms with Gasteiger partial charge in [-0.2, -0.15) is 5.26 Å². The van der Waals surface area contributed by atoms with Gasteiger partial charge in [-0.15, -0.1) is 0 Å². The summed E-state index contributed by atoms with van der Waals surface area (Å²) in [4.78, 5) is 12.6. The first-order valence-corrected chi connectivity index (χ1v) is 7.93. The van der Waals surface area contributed by atoms with Crippen molar-refractivity contribution in [2.24, 2.45) is 7.05 Å². The number of halogens is 1. The van der Waals surface area contributed by atoms with Crippen LogP contribution in [0.25, 0.3) is 10.9 Å². The van der Waals surface area contributed by atoms with Crippen molar-refractivity contribution in [2.75, 3.05) is 0 Å². The number of carbonyl (C=O) groups excluding carboxylic acids is 1. The predicted molar refractivity (Wildman–Crippen MR) is 95.0 cm³/mol. The Hall–Kier alpha value is -2.77. The van der Waals surface area contributed by atoms with Gasteiger partial charge in [-0.05, 0) is 42.8 Å². The fraction of sp³-hybridized carbons (Fsp3) is 0.158. The molecule has 2 aromatic carbocycles. The second kappa shape index (κ2) is 6.38. The maximum absolute atomic E-state index is 12.6. The van der Waals surface area contributed by atoms with Gasteiger partial charge in [-0.3, -0.25) is 4.79 Å². The van der Waals surface area contributed by atoms with E-state index in [1.807, 2.05) is 54.9 Å². The van der Waals surface area contributed by atoms with Crippen molar-refractivity contribution >= 4 is 28.4 Å². The van der Waals surface area contributed by atoms with E-state index in [0.717, 1.165) is 16.5 Å². The number of fused-ring (bicyclic) bond motifs is 1. The third-order valence-electron chi connectivity index (χ3n) is 4.13. The quantitative estimate of drug-likeness (QED) is 0.778. The molecule has 0 spiro atoms. The molecule has 0 unspecified atom stereocenters. The minimum Gasteiger partial charge on any atom is -0.344 e. The third kappa shape index (κ3) is 2.99. The van der Waals surface area contributed by atoms with Gasteiger partial charge in [0.05, 0.1) is 17.7 Å². The highest BCUT2D eigenvalue weighted by Crippen LogP contribution is 2.23. The second-order valence-electron chi connectivity index (χ2n) is 5.72. The molecule has 1 amide bonds. The van der Waals surface area contributed by atoms with Gasteiger partial charge >= 0.3 is 0 Å². The van der Waals surface area contributed by atoms with Crippen molar-refractivity contribution < 1.29 is 4.79 Å². The van der Waals surface area contributed by atoms with Crippen molar-refractivity contribution in [3.63, 3.8) is 0 Å². The van der Waals surface area contributed by atoms with Crippen LogP contribution in [-0.4, -0.2) is 10.5 Å². The number of rotatable bonds is 3. The maximum Gasteiger partial charge on any atom is 0.268 e. The van der Waals surface area contributed by atoms with Crippen molar-refractivity contribution in [1.82, 2.24) is 9.88 Å². The van der Waals surface area contributed by atoms with E-state index in [4.69, 9.17) is 16.9 Å². The van der Waals surface area contributed by atoms with Gasteiger partial charge < -0.3 is 9.88 Å². The lowest BCUT2D eigenvalue weighted by atomic mass is 10.1. The van der Waals surface area contributed by atoms with E-state index in [9.17, 15) is 4.79 Å². The number of nitrogens with zero attached hydrogens (tertiary/aromatic N) is 2. The predicted octanol–water partition coefficient (Wildman–Crippen LogP) is 4.19.